The number of hydrogen-bond acceptors (Lipinski definition) is 5. The van der Waals surface area contributed by atoms with Gasteiger partial charge in [-0.2, -0.15) is 0 Å². The lowest BCUT2D eigenvalue weighted by Gasteiger charge is -2.26. The molecule has 154 valence electrons. The molecule has 0 spiro atoms. The first-order valence-corrected chi connectivity index (χ1v) is 9.55. The summed E-state index contributed by atoms with van der Waals surface area (Å²) in [5.74, 6) is 1.64. The van der Waals surface area contributed by atoms with E-state index in [1.807, 2.05) is 12.1 Å². The Kier molecular flexibility index (Phi) is 6.59. The van der Waals surface area contributed by atoms with Crippen molar-refractivity contribution in [1.29, 1.82) is 0 Å². The van der Waals surface area contributed by atoms with E-state index in [1.54, 1.807) is 50.5 Å². The molecule has 2 aromatic rings. The highest BCUT2D eigenvalue weighted by Crippen LogP contribution is 2.34. The molecule has 0 bridgehead atoms. The van der Waals surface area contributed by atoms with Crippen LogP contribution in [0.1, 0.15) is 35.2 Å². The number of carbonyl (C=O) groups excluding carboxylic acids is 2. The number of benzene rings is 2. The van der Waals surface area contributed by atoms with Crippen LogP contribution >= 0.6 is 0 Å². The summed E-state index contributed by atoms with van der Waals surface area (Å²) < 4.78 is 16.0. The molecule has 0 aromatic heterocycles. The van der Waals surface area contributed by atoms with Crippen LogP contribution in [0.4, 0.5) is 5.69 Å². The molecule has 1 saturated heterocycles. The van der Waals surface area contributed by atoms with Crippen LogP contribution in [0.15, 0.2) is 36.4 Å². The molecule has 1 aliphatic rings. The highest BCUT2D eigenvalue weighted by atomic mass is 16.5. The molecule has 0 unspecified atom stereocenters. The summed E-state index contributed by atoms with van der Waals surface area (Å²) >= 11 is 0. The molecule has 7 heteroatoms. The van der Waals surface area contributed by atoms with Crippen molar-refractivity contribution in [2.24, 2.45) is 0 Å². The van der Waals surface area contributed by atoms with Crippen LogP contribution in [-0.2, 0) is 11.3 Å². The molecule has 1 fully saturated rings. The first-order valence-electron chi connectivity index (χ1n) is 9.55. The van der Waals surface area contributed by atoms with Crippen LogP contribution in [-0.4, -0.2) is 39.7 Å². The summed E-state index contributed by atoms with van der Waals surface area (Å²) in [5, 5.41) is 2.89. The van der Waals surface area contributed by atoms with E-state index in [4.69, 9.17) is 14.2 Å². The molecule has 7 nitrogen and oxygen atoms in total. The minimum absolute atomic E-state index is 0.133. The van der Waals surface area contributed by atoms with Crippen molar-refractivity contribution in [3.63, 3.8) is 0 Å². The van der Waals surface area contributed by atoms with Crippen LogP contribution in [0.5, 0.6) is 17.2 Å². The Balaban J connectivity index is 1.68. The molecular formula is C22H26N2O5. The minimum atomic E-state index is -0.210. The van der Waals surface area contributed by atoms with E-state index in [1.165, 1.54) is 0 Å². The molecule has 0 saturated carbocycles. The summed E-state index contributed by atoms with van der Waals surface area (Å²) in [5.41, 5.74) is 2.12. The van der Waals surface area contributed by atoms with Crippen molar-refractivity contribution >= 4 is 17.5 Å². The molecule has 2 amide bonds. The predicted molar refractivity (Wildman–Crippen MR) is 110 cm³/mol. The minimum Gasteiger partial charge on any atom is -0.496 e. The third-order valence-electron chi connectivity index (χ3n) is 4.99. The lowest BCUT2D eigenvalue weighted by molar-refractivity contribution is -0.119. The maximum absolute atomic E-state index is 12.6. The number of methoxy groups -OCH3 is 3. The van der Waals surface area contributed by atoms with Gasteiger partial charge in [-0.1, -0.05) is 0 Å². The van der Waals surface area contributed by atoms with E-state index in [0.717, 1.165) is 30.6 Å². The molecule has 1 aliphatic heterocycles. The molecule has 1 heterocycles. The quantitative estimate of drug-likeness (QED) is 0.775. The zero-order valence-corrected chi connectivity index (χ0v) is 17.0. The number of piperidine rings is 1. The van der Waals surface area contributed by atoms with Gasteiger partial charge in [-0.25, -0.2) is 0 Å². The zero-order chi connectivity index (χ0) is 20.8. The Morgan fingerprint density at radius 3 is 2.24 bits per heavy atom. The number of hydrogen-bond donors (Lipinski definition) is 1. The van der Waals surface area contributed by atoms with Gasteiger partial charge in [-0.05, 0) is 43.2 Å². The van der Waals surface area contributed by atoms with E-state index in [0.29, 0.717) is 29.2 Å². The molecule has 0 atom stereocenters. The summed E-state index contributed by atoms with van der Waals surface area (Å²) in [6.45, 7) is 0.998. The molecular weight excluding hydrogens is 372 g/mol. The summed E-state index contributed by atoms with van der Waals surface area (Å²) in [6, 6.07) is 10.6. The molecule has 29 heavy (non-hydrogen) atoms. The number of anilines is 1. The average Bonchev–Trinajstić information content (AvgIpc) is 2.77. The summed E-state index contributed by atoms with van der Waals surface area (Å²) in [7, 11) is 4.67. The second-order valence-electron chi connectivity index (χ2n) is 6.75. The second kappa shape index (κ2) is 9.32. The monoisotopic (exact) mass is 398 g/mol. The molecule has 1 N–H and O–H groups in total. The van der Waals surface area contributed by atoms with Crippen molar-refractivity contribution in [3.8, 4) is 17.2 Å². The molecule has 3 rings (SSSR count). The van der Waals surface area contributed by atoms with Gasteiger partial charge in [0.2, 0.25) is 5.91 Å². The summed E-state index contributed by atoms with van der Waals surface area (Å²) in [4.78, 5) is 26.4. The first-order chi connectivity index (χ1) is 14.1. The van der Waals surface area contributed by atoms with E-state index >= 15 is 0 Å². The van der Waals surface area contributed by atoms with Crippen molar-refractivity contribution in [3.05, 3.63) is 47.5 Å². The van der Waals surface area contributed by atoms with Gasteiger partial charge in [-0.15, -0.1) is 0 Å². The number of carbonyl (C=O) groups is 2. The first kappa shape index (κ1) is 20.5. The fourth-order valence-corrected chi connectivity index (χ4v) is 3.38. The number of nitrogens with one attached hydrogen (secondary N) is 1. The van der Waals surface area contributed by atoms with Crippen LogP contribution in [0.25, 0.3) is 0 Å². The number of rotatable bonds is 7. The van der Waals surface area contributed by atoms with Crippen molar-refractivity contribution in [2.45, 2.75) is 25.8 Å². The highest BCUT2D eigenvalue weighted by molar-refractivity contribution is 5.97. The van der Waals surface area contributed by atoms with Gasteiger partial charge >= 0.3 is 0 Å². The average molecular weight is 398 g/mol. The maximum Gasteiger partial charge on any atom is 0.251 e. The summed E-state index contributed by atoms with van der Waals surface area (Å²) in [6.07, 6.45) is 2.52. The number of amides is 2. The lowest BCUT2D eigenvalue weighted by atomic mass is 10.1. The Morgan fingerprint density at radius 1 is 0.966 bits per heavy atom. The van der Waals surface area contributed by atoms with Crippen molar-refractivity contribution in [2.75, 3.05) is 32.8 Å². The van der Waals surface area contributed by atoms with Gasteiger partial charge in [0.25, 0.3) is 5.91 Å². The lowest BCUT2D eigenvalue weighted by Crippen LogP contribution is -2.35. The number of nitrogens with zero attached hydrogens (tertiary/aromatic N) is 1. The van der Waals surface area contributed by atoms with Gasteiger partial charge < -0.3 is 24.4 Å². The van der Waals surface area contributed by atoms with Crippen molar-refractivity contribution in [1.82, 2.24) is 5.32 Å². The molecule has 0 aliphatic carbocycles. The van der Waals surface area contributed by atoms with Crippen LogP contribution < -0.4 is 24.4 Å². The van der Waals surface area contributed by atoms with Crippen LogP contribution in [0, 0.1) is 0 Å². The van der Waals surface area contributed by atoms with E-state index in [9.17, 15) is 9.59 Å². The fraction of sp³-hybridized carbons (Fsp3) is 0.364. The van der Waals surface area contributed by atoms with Crippen molar-refractivity contribution < 1.29 is 23.8 Å². The SMILES string of the molecule is COc1cc(OC)c(OC)cc1CNC(=O)c1ccc(N2CCCCC2=O)cc1. The zero-order valence-electron chi connectivity index (χ0n) is 17.0. The largest absolute Gasteiger partial charge is 0.496 e. The fourth-order valence-electron chi connectivity index (χ4n) is 3.38. The Bertz CT molecular complexity index is 880. The van der Waals surface area contributed by atoms with Gasteiger partial charge in [0.05, 0.1) is 21.3 Å². The van der Waals surface area contributed by atoms with E-state index in [-0.39, 0.29) is 18.4 Å². The maximum atomic E-state index is 12.6. The smallest absolute Gasteiger partial charge is 0.251 e. The highest BCUT2D eigenvalue weighted by Gasteiger charge is 2.20. The normalized spacial score (nSPS) is 13.8. The molecule has 2 aromatic carbocycles. The third-order valence-corrected chi connectivity index (χ3v) is 4.99. The van der Waals surface area contributed by atoms with Gasteiger partial charge in [-0.3, -0.25) is 9.59 Å². The Morgan fingerprint density at radius 2 is 1.62 bits per heavy atom. The predicted octanol–water partition coefficient (Wildman–Crippen LogP) is 3.16. The van der Waals surface area contributed by atoms with Crippen LogP contribution in [0.2, 0.25) is 0 Å². The van der Waals surface area contributed by atoms with Crippen LogP contribution in [0.3, 0.4) is 0 Å². The Hall–Kier alpha value is -3.22. The standard InChI is InChI=1S/C22H26N2O5/c1-27-18-13-20(29-3)19(28-2)12-16(18)14-23-22(26)15-7-9-17(10-8-15)24-11-5-4-6-21(24)25/h7-10,12-13H,4-6,11,14H2,1-3H3,(H,23,26). The van der Waals surface area contributed by atoms with Gasteiger partial charge in [0.15, 0.2) is 11.5 Å². The third kappa shape index (κ3) is 4.62. The van der Waals surface area contributed by atoms with E-state index in [2.05, 4.69) is 5.32 Å². The van der Waals surface area contributed by atoms with Gasteiger partial charge in [0, 0.05) is 42.4 Å². The van der Waals surface area contributed by atoms with Gasteiger partial charge in [0.1, 0.15) is 5.75 Å². The molecule has 0 radical (unpaired) electrons. The number of ether oxygens (including phenoxy) is 3. The Labute approximate surface area is 170 Å². The second-order valence-corrected chi connectivity index (χ2v) is 6.75. The topological polar surface area (TPSA) is 77.1 Å². The van der Waals surface area contributed by atoms with E-state index < -0.39 is 0 Å².